The molecule has 0 radical (unpaired) electrons. The number of benzene rings is 1. The lowest BCUT2D eigenvalue weighted by Crippen LogP contribution is -2.35. The van der Waals surface area contributed by atoms with E-state index in [0.29, 0.717) is 31.3 Å². The van der Waals surface area contributed by atoms with Crippen molar-refractivity contribution < 1.29 is 10.0 Å². The summed E-state index contributed by atoms with van der Waals surface area (Å²) in [7, 11) is 0. The predicted molar refractivity (Wildman–Crippen MR) is 96.1 cm³/mol. The lowest BCUT2D eigenvalue weighted by atomic mass is 10.3. The van der Waals surface area contributed by atoms with Gasteiger partial charge in [-0.25, -0.2) is 10.1 Å². The zero-order chi connectivity index (χ0) is 16.2. The summed E-state index contributed by atoms with van der Waals surface area (Å²) in [6.45, 7) is 2.07. The fourth-order valence-electron chi connectivity index (χ4n) is 2.20. The Labute approximate surface area is 151 Å². The molecule has 2 aliphatic heterocycles. The quantitative estimate of drug-likeness (QED) is 0.746. The second-order valence-corrected chi connectivity index (χ2v) is 6.68. The van der Waals surface area contributed by atoms with Crippen molar-refractivity contribution in [3.05, 3.63) is 51.1 Å². The van der Waals surface area contributed by atoms with Crippen LogP contribution in [0.15, 0.2) is 56.1 Å². The van der Waals surface area contributed by atoms with E-state index in [1.54, 1.807) is 5.06 Å². The smallest absolute Gasteiger partial charge is 0.223 e. The first kappa shape index (κ1) is 16.5. The molecular weight excluding hydrogens is 428 g/mol. The summed E-state index contributed by atoms with van der Waals surface area (Å²) in [5.74, 6) is 0.647. The summed E-state index contributed by atoms with van der Waals surface area (Å²) >= 11 is 7.04. The lowest BCUT2D eigenvalue weighted by Gasteiger charge is -2.25. The molecule has 0 amide bonds. The van der Waals surface area contributed by atoms with Crippen molar-refractivity contribution in [3.63, 3.8) is 0 Å². The number of nitrogens with zero attached hydrogens (tertiary/aromatic N) is 3. The van der Waals surface area contributed by atoms with Crippen LogP contribution in [0.1, 0.15) is 0 Å². The number of hydroxylamine groups is 4. The van der Waals surface area contributed by atoms with Crippen molar-refractivity contribution in [1.29, 1.82) is 0 Å². The molecule has 23 heavy (non-hydrogen) atoms. The number of rotatable bonds is 4. The zero-order valence-corrected chi connectivity index (χ0v) is 15.4. The normalized spacial score (nSPS) is 17.3. The van der Waals surface area contributed by atoms with Gasteiger partial charge in [0.15, 0.2) is 0 Å². The number of guanidine groups is 1. The van der Waals surface area contributed by atoms with Gasteiger partial charge in [0, 0.05) is 8.95 Å². The molecule has 0 fully saturated rings. The average molecular weight is 444 g/mol. The van der Waals surface area contributed by atoms with Gasteiger partial charge in [0.05, 0.1) is 31.0 Å². The summed E-state index contributed by atoms with van der Waals surface area (Å²) in [6.07, 6.45) is 5.60. The van der Waals surface area contributed by atoms with E-state index >= 15 is 0 Å². The molecule has 6 nitrogen and oxygen atoms in total. The predicted octanol–water partition coefficient (Wildman–Crippen LogP) is 3.37. The average Bonchev–Trinajstić information content (AvgIpc) is 2.97. The van der Waals surface area contributed by atoms with Crippen LogP contribution in [0.2, 0.25) is 0 Å². The van der Waals surface area contributed by atoms with Crippen molar-refractivity contribution in [2.24, 2.45) is 4.99 Å². The Morgan fingerprint density at radius 1 is 1.30 bits per heavy atom. The molecular formula is C15H16Br2N4O2. The molecule has 0 aromatic heterocycles. The van der Waals surface area contributed by atoms with E-state index in [9.17, 15) is 5.21 Å². The number of aliphatic imine (C=N–C) groups is 1. The summed E-state index contributed by atoms with van der Waals surface area (Å²) < 4.78 is 1.87. The largest absolute Gasteiger partial charge is 0.322 e. The van der Waals surface area contributed by atoms with Gasteiger partial charge in [-0.2, -0.15) is 0 Å². The van der Waals surface area contributed by atoms with E-state index < -0.39 is 0 Å². The minimum Gasteiger partial charge on any atom is -0.322 e. The van der Waals surface area contributed by atoms with Crippen molar-refractivity contribution in [1.82, 2.24) is 10.1 Å². The van der Waals surface area contributed by atoms with Crippen LogP contribution < -0.4 is 5.32 Å². The molecule has 8 heteroatoms. The van der Waals surface area contributed by atoms with Crippen molar-refractivity contribution in [3.8, 4) is 0 Å². The van der Waals surface area contributed by atoms with Crippen LogP contribution in [-0.4, -0.2) is 47.5 Å². The number of para-hydroxylation sites is 1. The standard InChI is InChI=1S/C15H16Br2N4O2/c16-12-5-3-6-13(17)14(12)19-15-18-7-9-21(15)23-10-11-4-1-2-8-20(11)22/h1-6,22H,7-10H2,(H,18,19). The monoisotopic (exact) mass is 442 g/mol. The highest BCUT2D eigenvalue weighted by atomic mass is 79.9. The topological polar surface area (TPSA) is 60.3 Å². The molecule has 3 rings (SSSR count). The lowest BCUT2D eigenvalue weighted by molar-refractivity contribution is -0.114. The van der Waals surface area contributed by atoms with Gasteiger partial charge in [-0.1, -0.05) is 18.2 Å². The van der Waals surface area contributed by atoms with E-state index in [1.807, 2.05) is 36.4 Å². The van der Waals surface area contributed by atoms with Crippen molar-refractivity contribution >= 4 is 43.5 Å². The SMILES string of the molecule is ON1CC=CC=C1CON1CCN=C1Nc1c(Br)cccc1Br. The fraction of sp³-hybridized carbons (Fsp3) is 0.267. The first-order valence-electron chi connectivity index (χ1n) is 7.13. The number of nitrogens with one attached hydrogen (secondary N) is 1. The minimum absolute atomic E-state index is 0.276. The summed E-state index contributed by atoms with van der Waals surface area (Å²) in [4.78, 5) is 10.2. The van der Waals surface area contributed by atoms with Crippen LogP contribution in [-0.2, 0) is 4.84 Å². The molecule has 0 saturated carbocycles. The number of hydrogen-bond acceptors (Lipinski definition) is 6. The molecule has 2 heterocycles. The van der Waals surface area contributed by atoms with E-state index in [1.165, 1.54) is 5.06 Å². The maximum Gasteiger partial charge on any atom is 0.223 e. The second-order valence-electron chi connectivity index (χ2n) is 4.97. The molecule has 0 bridgehead atoms. The van der Waals surface area contributed by atoms with Gasteiger partial charge in [0.1, 0.15) is 6.61 Å². The van der Waals surface area contributed by atoms with E-state index in [0.717, 1.165) is 14.6 Å². The van der Waals surface area contributed by atoms with Gasteiger partial charge < -0.3 is 5.32 Å². The second kappa shape index (κ2) is 7.48. The summed E-state index contributed by atoms with van der Waals surface area (Å²) in [5.41, 5.74) is 1.60. The third-order valence-electron chi connectivity index (χ3n) is 3.40. The van der Waals surface area contributed by atoms with Gasteiger partial charge in [0.25, 0.3) is 0 Å². The molecule has 1 aromatic rings. The van der Waals surface area contributed by atoms with Gasteiger partial charge in [-0.05, 0) is 50.1 Å². The van der Waals surface area contributed by atoms with Gasteiger partial charge in [-0.3, -0.25) is 15.1 Å². The highest BCUT2D eigenvalue weighted by Crippen LogP contribution is 2.31. The Hall–Kier alpha value is -1.35. The van der Waals surface area contributed by atoms with E-state index in [4.69, 9.17) is 4.84 Å². The summed E-state index contributed by atoms with van der Waals surface area (Å²) in [5, 5.41) is 15.9. The molecule has 1 aromatic carbocycles. The highest BCUT2D eigenvalue weighted by molar-refractivity contribution is 9.11. The Kier molecular flexibility index (Phi) is 5.37. The minimum atomic E-state index is 0.276. The molecule has 0 spiro atoms. The zero-order valence-electron chi connectivity index (χ0n) is 12.2. The highest BCUT2D eigenvalue weighted by Gasteiger charge is 2.21. The number of halogens is 2. The molecule has 0 aliphatic carbocycles. The molecule has 2 N–H and O–H groups in total. The van der Waals surface area contributed by atoms with Crippen LogP contribution >= 0.6 is 31.9 Å². The van der Waals surface area contributed by atoms with E-state index in [2.05, 4.69) is 42.2 Å². The number of allylic oxidation sites excluding steroid dienone is 2. The fourth-order valence-corrected chi connectivity index (χ4v) is 3.39. The Balaban J connectivity index is 1.64. The molecule has 2 aliphatic rings. The molecule has 0 saturated heterocycles. The van der Waals surface area contributed by atoms with Crippen LogP contribution in [0, 0.1) is 0 Å². The third-order valence-corrected chi connectivity index (χ3v) is 4.72. The van der Waals surface area contributed by atoms with E-state index in [-0.39, 0.29) is 6.61 Å². The summed E-state index contributed by atoms with van der Waals surface area (Å²) in [6, 6.07) is 5.86. The first-order chi connectivity index (χ1) is 11.1. The van der Waals surface area contributed by atoms with Gasteiger partial charge >= 0.3 is 0 Å². The maximum atomic E-state index is 9.77. The van der Waals surface area contributed by atoms with Crippen LogP contribution in [0.25, 0.3) is 0 Å². The van der Waals surface area contributed by atoms with Crippen molar-refractivity contribution in [2.45, 2.75) is 0 Å². The first-order valence-corrected chi connectivity index (χ1v) is 8.72. The van der Waals surface area contributed by atoms with Crippen molar-refractivity contribution in [2.75, 3.05) is 31.6 Å². The van der Waals surface area contributed by atoms with Gasteiger partial charge in [0.2, 0.25) is 5.96 Å². The molecule has 122 valence electrons. The molecule has 0 unspecified atom stereocenters. The van der Waals surface area contributed by atoms with Crippen LogP contribution in [0.4, 0.5) is 5.69 Å². The third kappa shape index (κ3) is 3.95. The maximum absolute atomic E-state index is 9.77. The van der Waals surface area contributed by atoms with Crippen LogP contribution in [0.3, 0.4) is 0 Å². The number of hydrogen-bond donors (Lipinski definition) is 2. The Morgan fingerprint density at radius 2 is 2.09 bits per heavy atom. The number of anilines is 1. The van der Waals surface area contributed by atoms with Crippen LogP contribution in [0.5, 0.6) is 0 Å². The molecule has 0 atom stereocenters. The Morgan fingerprint density at radius 3 is 2.83 bits per heavy atom. The van der Waals surface area contributed by atoms with Gasteiger partial charge in [-0.15, -0.1) is 0 Å². The Bertz CT molecular complexity index is 655.